The minimum atomic E-state index is -0.716. The summed E-state index contributed by atoms with van der Waals surface area (Å²) in [5.74, 6) is 0.788. The SMILES string of the molecule is O=C(NC1CCC(F)CC1)N1CCN(C(=O)C2CC(C3CCCO3)NC3CCCCC32)CC1. The van der Waals surface area contributed by atoms with E-state index in [0.717, 1.165) is 51.6 Å². The second-order valence-electron chi connectivity index (χ2n) is 10.9. The van der Waals surface area contributed by atoms with Crippen LogP contribution in [0.1, 0.15) is 70.6 Å². The molecule has 186 valence electrons. The number of rotatable bonds is 3. The van der Waals surface area contributed by atoms with E-state index in [0.29, 0.717) is 51.0 Å². The molecule has 5 atom stereocenters. The van der Waals surface area contributed by atoms with Gasteiger partial charge in [0.05, 0.1) is 6.10 Å². The van der Waals surface area contributed by atoms with Gasteiger partial charge in [0, 0.05) is 56.8 Å². The summed E-state index contributed by atoms with van der Waals surface area (Å²) < 4.78 is 19.4. The van der Waals surface area contributed by atoms with Gasteiger partial charge in [0.25, 0.3) is 0 Å². The van der Waals surface area contributed by atoms with Crippen molar-refractivity contribution in [3.8, 4) is 0 Å². The van der Waals surface area contributed by atoms with Gasteiger partial charge >= 0.3 is 6.03 Å². The van der Waals surface area contributed by atoms with Crippen LogP contribution in [0, 0.1) is 11.8 Å². The Balaban J connectivity index is 1.15. The van der Waals surface area contributed by atoms with Crippen molar-refractivity contribution in [2.24, 2.45) is 11.8 Å². The summed E-state index contributed by atoms with van der Waals surface area (Å²) in [5, 5.41) is 6.95. The van der Waals surface area contributed by atoms with E-state index < -0.39 is 6.17 Å². The van der Waals surface area contributed by atoms with E-state index in [1.165, 1.54) is 12.8 Å². The molecule has 0 aromatic rings. The van der Waals surface area contributed by atoms with Crippen LogP contribution >= 0.6 is 0 Å². The summed E-state index contributed by atoms with van der Waals surface area (Å²) in [6.45, 7) is 3.20. The van der Waals surface area contributed by atoms with Gasteiger partial charge in [0.1, 0.15) is 6.17 Å². The van der Waals surface area contributed by atoms with Gasteiger partial charge in [0.15, 0.2) is 0 Å². The minimum absolute atomic E-state index is 0.0583. The monoisotopic (exact) mass is 464 g/mol. The lowest BCUT2D eigenvalue weighted by atomic mass is 9.69. The van der Waals surface area contributed by atoms with Crippen molar-refractivity contribution in [2.75, 3.05) is 32.8 Å². The Bertz CT molecular complexity index is 687. The number of fused-ring (bicyclic) bond motifs is 1. The quantitative estimate of drug-likeness (QED) is 0.674. The van der Waals surface area contributed by atoms with Gasteiger partial charge < -0.3 is 25.2 Å². The third-order valence-electron chi connectivity index (χ3n) is 8.87. The summed E-state index contributed by atoms with van der Waals surface area (Å²) in [7, 11) is 0. The number of carbonyl (C=O) groups is 2. The molecule has 3 heterocycles. The number of hydrogen-bond acceptors (Lipinski definition) is 4. The molecule has 5 unspecified atom stereocenters. The molecule has 5 rings (SSSR count). The normalized spacial score (nSPS) is 39.7. The highest BCUT2D eigenvalue weighted by atomic mass is 19.1. The molecule has 0 spiro atoms. The van der Waals surface area contributed by atoms with Crippen LogP contribution in [0.25, 0.3) is 0 Å². The van der Waals surface area contributed by atoms with Gasteiger partial charge in [-0.3, -0.25) is 4.79 Å². The predicted molar refractivity (Wildman–Crippen MR) is 124 cm³/mol. The molecule has 3 amide bonds. The number of piperidine rings is 1. The average molecular weight is 465 g/mol. The number of carbonyl (C=O) groups excluding carboxylic acids is 2. The van der Waals surface area contributed by atoms with E-state index >= 15 is 0 Å². The van der Waals surface area contributed by atoms with E-state index in [2.05, 4.69) is 10.6 Å². The fourth-order valence-corrected chi connectivity index (χ4v) is 6.93. The highest BCUT2D eigenvalue weighted by molar-refractivity contribution is 5.80. The van der Waals surface area contributed by atoms with Gasteiger partial charge in [-0.05, 0) is 63.7 Å². The molecule has 2 aliphatic carbocycles. The van der Waals surface area contributed by atoms with Crippen molar-refractivity contribution >= 4 is 11.9 Å². The lowest BCUT2D eigenvalue weighted by Gasteiger charge is -2.48. The first kappa shape index (κ1) is 23.3. The maximum Gasteiger partial charge on any atom is 0.317 e. The Hall–Kier alpha value is -1.41. The van der Waals surface area contributed by atoms with Crippen molar-refractivity contribution in [3.63, 3.8) is 0 Å². The molecule has 5 fully saturated rings. The molecular weight excluding hydrogens is 423 g/mol. The Kier molecular flexibility index (Phi) is 7.40. The number of hydrogen-bond donors (Lipinski definition) is 2. The van der Waals surface area contributed by atoms with E-state index in [4.69, 9.17) is 4.74 Å². The topological polar surface area (TPSA) is 73.9 Å². The zero-order chi connectivity index (χ0) is 22.8. The molecule has 0 bridgehead atoms. The Morgan fingerprint density at radius 2 is 1.58 bits per heavy atom. The zero-order valence-corrected chi connectivity index (χ0v) is 19.9. The van der Waals surface area contributed by atoms with Crippen LogP contribution in [0.3, 0.4) is 0 Å². The Morgan fingerprint density at radius 3 is 2.30 bits per heavy atom. The van der Waals surface area contributed by atoms with E-state index in [-0.39, 0.29) is 36.0 Å². The first-order valence-electron chi connectivity index (χ1n) is 13.4. The molecule has 3 aliphatic heterocycles. The lowest BCUT2D eigenvalue weighted by molar-refractivity contribution is -0.142. The lowest BCUT2D eigenvalue weighted by Crippen LogP contribution is -2.61. The van der Waals surface area contributed by atoms with Gasteiger partial charge in [-0.1, -0.05) is 12.8 Å². The Labute approximate surface area is 197 Å². The number of halogens is 1. The molecule has 2 N–H and O–H groups in total. The first-order valence-corrected chi connectivity index (χ1v) is 13.4. The summed E-state index contributed by atoms with van der Waals surface area (Å²) >= 11 is 0. The van der Waals surface area contributed by atoms with Crippen LogP contribution in [0.4, 0.5) is 9.18 Å². The van der Waals surface area contributed by atoms with Crippen molar-refractivity contribution in [1.82, 2.24) is 20.4 Å². The molecule has 0 radical (unpaired) electrons. The smallest absolute Gasteiger partial charge is 0.317 e. The van der Waals surface area contributed by atoms with Crippen LogP contribution in [0.5, 0.6) is 0 Å². The number of urea groups is 1. The second-order valence-corrected chi connectivity index (χ2v) is 10.9. The molecular formula is C25H41FN4O3. The Morgan fingerprint density at radius 1 is 0.848 bits per heavy atom. The molecule has 0 aromatic carbocycles. The first-order chi connectivity index (χ1) is 16.1. The number of nitrogens with zero attached hydrogens (tertiary/aromatic N) is 2. The maximum atomic E-state index is 13.7. The van der Waals surface area contributed by atoms with Crippen LogP contribution in [0.2, 0.25) is 0 Å². The van der Waals surface area contributed by atoms with E-state index in [1.807, 2.05) is 9.80 Å². The standard InChI is InChI=1S/C25H41FN4O3/c26-17-7-9-18(10-8-17)27-25(32)30-13-11-29(12-14-30)24(31)20-16-22(23-6-3-15-33-23)28-21-5-2-1-4-19(20)21/h17-23,28H,1-16H2,(H,27,32). The largest absolute Gasteiger partial charge is 0.377 e. The van der Waals surface area contributed by atoms with Crippen LogP contribution in [0.15, 0.2) is 0 Å². The fourth-order valence-electron chi connectivity index (χ4n) is 6.93. The van der Waals surface area contributed by atoms with Crippen molar-refractivity contribution in [1.29, 1.82) is 0 Å². The molecule has 2 saturated carbocycles. The highest BCUT2D eigenvalue weighted by Crippen LogP contribution is 2.39. The molecule has 7 nitrogen and oxygen atoms in total. The van der Waals surface area contributed by atoms with Crippen LogP contribution in [-0.2, 0) is 9.53 Å². The molecule has 33 heavy (non-hydrogen) atoms. The van der Waals surface area contributed by atoms with E-state index in [9.17, 15) is 14.0 Å². The maximum absolute atomic E-state index is 13.7. The summed E-state index contributed by atoms with van der Waals surface area (Å²) in [4.78, 5) is 30.2. The number of amides is 3. The minimum Gasteiger partial charge on any atom is -0.377 e. The third-order valence-corrected chi connectivity index (χ3v) is 8.87. The summed E-state index contributed by atoms with van der Waals surface area (Å²) in [6, 6.07) is 0.739. The fraction of sp³-hybridized carbons (Fsp3) is 0.920. The zero-order valence-electron chi connectivity index (χ0n) is 19.9. The van der Waals surface area contributed by atoms with Crippen molar-refractivity contribution < 1.29 is 18.7 Å². The number of ether oxygens (including phenoxy) is 1. The van der Waals surface area contributed by atoms with E-state index in [1.54, 1.807) is 0 Å². The van der Waals surface area contributed by atoms with Crippen LogP contribution < -0.4 is 10.6 Å². The molecule has 5 aliphatic rings. The van der Waals surface area contributed by atoms with Gasteiger partial charge in [-0.25, -0.2) is 9.18 Å². The average Bonchev–Trinajstić information content (AvgIpc) is 3.39. The van der Waals surface area contributed by atoms with Crippen LogP contribution in [-0.4, -0.2) is 84.9 Å². The highest BCUT2D eigenvalue weighted by Gasteiger charge is 2.46. The molecule has 0 aromatic heterocycles. The second kappa shape index (κ2) is 10.5. The molecule has 8 heteroatoms. The summed E-state index contributed by atoms with van der Waals surface area (Å²) in [6.07, 6.45) is 9.90. The van der Waals surface area contributed by atoms with Crippen molar-refractivity contribution in [2.45, 2.75) is 101 Å². The predicted octanol–water partition coefficient (Wildman–Crippen LogP) is 2.84. The van der Waals surface area contributed by atoms with Gasteiger partial charge in [-0.2, -0.15) is 0 Å². The number of piperazine rings is 1. The summed E-state index contributed by atoms with van der Waals surface area (Å²) in [5.41, 5.74) is 0. The molecule has 3 saturated heterocycles. The van der Waals surface area contributed by atoms with Crippen molar-refractivity contribution in [3.05, 3.63) is 0 Å². The van der Waals surface area contributed by atoms with Gasteiger partial charge in [0.2, 0.25) is 5.91 Å². The third kappa shape index (κ3) is 5.31. The number of nitrogens with one attached hydrogen (secondary N) is 2. The number of alkyl halides is 1. The van der Waals surface area contributed by atoms with Gasteiger partial charge in [-0.15, -0.1) is 0 Å².